The Morgan fingerprint density at radius 3 is 2.55 bits per heavy atom. The van der Waals surface area contributed by atoms with Gasteiger partial charge in [-0.3, -0.25) is 10.2 Å². The summed E-state index contributed by atoms with van der Waals surface area (Å²) in [6.45, 7) is 0.670. The minimum atomic E-state index is -0.391. The maximum atomic E-state index is 10.7. The first-order valence-electron chi connectivity index (χ1n) is 3.53. The van der Waals surface area contributed by atoms with Gasteiger partial charge in [-0.15, -0.1) is 0 Å². The van der Waals surface area contributed by atoms with Gasteiger partial charge in [-0.2, -0.15) is 0 Å². The van der Waals surface area contributed by atoms with E-state index in [0.29, 0.717) is 6.54 Å². The SMILES string of the molecule is N=C(N)N1CCC[C@H]1C(N)=O. The molecular weight excluding hydrogens is 144 g/mol. The summed E-state index contributed by atoms with van der Waals surface area (Å²) >= 11 is 0. The van der Waals surface area contributed by atoms with Crippen LogP contribution in [0.1, 0.15) is 12.8 Å². The van der Waals surface area contributed by atoms with Crippen molar-refractivity contribution in [2.45, 2.75) is 18.9 Å². The first kappa shape index (κ1) is 7.84. The Hall–Kier alpha value is -1.26. The molecule has 0 radical (unpaired) electrons. The van der Waals surface area contributed by atoms with E-state index in [0.717, 1.165) is 12.8 Å². The Labute approximate surface area is 64.8 Å². The summed E-state index contributed by atoms with van der Waals surface area (Å²) < 4.78 is 0. The lowest BCUT2D eigenvalue weighted by molar-refractivity contribution is -0.121. The van der Waals surface area contributed by atoms with Crippen molar-refractivity contribution in [2.24, 2.45) is 11.5 Å². The van der Waals surface area contributed by atoms with E-state index in [1.165, 1.54) is 4.90 Å². The van der Waals surface area contributed by atoms with Crippen LogP contribution < -0.4 is 11.5 Å². The van der Waals surface area contributed by atoms with Crippen molar-refractivity contribution in [3.05, 3.63) is 0 Å². The molecule has 0 bridgehead atoms. The molecule has 0 aromatic rings. The molecule has 1 fully saturated rings. The molecule has 1 heterocycles. The third-order valence-electron chi connectivity index (χ3n) is 1.89. The van der Waals surface area contributed by atoms with Gasteiger partial charge in [-0.25, -0.2) is 0 Å². The van der Waals surface area contributed by atoms with Crippen molar-refractivity contribution < 1.29 is 4.79 Å². The lowest BCUT2D eigenvalue weighted by atomic mass is 10.2. The lowest BCUT2D eigenvalue weighted by Crippen LogP contribution is -2.46. The van der Waals surface area contributed by atoms with Gasteiger partial charge in [-0.1, -0.05) is 0 Å². The molecule has 0 saturated carbocycles. The van der Waals surface area contributed by atoms with Gasteiger partial charge < -0.3 is 16.4 Å². The molecule has 0 unspecified atom stereocenters. The van der Waals surface area contributed by atoms with Gasteiger partial charge in [0.15, 0.2) is 5.96 Å². The van der Waals surface area contributed by atoms with E-state index >= 15 is 0 Å². The number of nitrogens with zero attached hydrogens (tertiary/aromatic N) is 1. The normalized spacial score (nSPS) is 23.6. The van der Waals surface area contributed by atoms with Crippen LogP contribution in [0.4, 0.5) is 0 Å². The molecule has 0 spiro atoms. The molecule has 1 rings (SSSR count). The molecule has 5 nitrogen and oxygen atoms in total. The van der Waals surface area contributed by atoms with E-state index in [2.05, 4.69) is 0 Å². The van der Waals surface area contributed by atoms with Gasteiger partial charge in [0.2, 0.25) is 5.91 Å². The van der Waals surface area contributed by atoms with E-state index in [1.54, 1.807) is 0 Å². The number of carbonyl (C=O) groups is 1. The third-order valence-corrected chi connectivity index (χ3v) is 1.89. The molecule has 0 aliphatic carbocycles. The zero-order valence-corrected chi connectivity index (χ0v) is 6.21. The second kappa shape index (κ2) is 2.77. The Morgan fingerprint density at radius 2 is 2.18 bits per heavy atom. The second-order valence-electron chi connectivity index (χ2n) is 2.64. The maximum absolute atomic E-state index is 10.7. The van der Waals surface area contributed by atoms with E-state index in [9.17, 15) is 4.79 Å². The first-order chi connectivity index (χ1) is 5.13. The highest BCUT2D eigenvalue weighted by Crippen LogP contribution is 2.15. The molecule has 0 aromatic heterocycles. The van der Waals surface area contributed by atoms with Gasteiger partial charge in [0.25, 0.3) is 0 Å². The summed E-state index contributed by atoms with van der Waals surface area (Å²) in [7, 11) is 0. The van der Waals surface area contributed by atoms with Crippen LogP contribution in [0.15, 0.2) is 0 Å². The van der Waals surface area contributed by atoms with Crippen molar-refractivity contribution in [3.63, 3.8) is 0 Å². The van der Waals surface area contributed by atoms with Crippen LogP contribution >= 0.6 is 0 Å². The Bertz CT molecular complexity index is 171. The third kappa shape index (κ3) is 1.42. The smallest absolute Gasteiger partial charge is 0.240 e. The summed E-state index contributed by atoms with van der Waals surface area (Å²) in [4.78, 5) is 12.3. The van der Waals surface area contributed by atoms with Crippen LogP contribution in [0.5, 0.6) is 0 Å². The minimum Gasteiger partial charge on any atom is -0.370 e. The minimum absolute atomic E-state index is 0.0636. The number of guanidine groups is 1. The summed E-state index contributed by atoms with van der Waals surface area (Å²) in [6, 6.07) is -0.354. The standard InChI is InChI=1S/C6H12N4O/c7-5(11)4-2-1-3-10(4)6(8)9/h4H,1-3H2,(H2,7,11)(H3,8,9)/t4-/m0/s1. The molecule has 1 aliphatic rings. The predicted octanol–water partition coefficient (Wildman–Crippen LogP) is -1.17. The number of hydrogen-bond donors (Lipinski definition) is 3. The van der Waals surface area contributed by atoms with E-state index in [-0.39, 0.29) is 12.0 Å². The van der Waals surface area contributed by atoms with E-state index < -0.39 is 5.91 Å². The largest absolute Gasteiger partial charge is 0.370 e. The number of carbonyl (C=O) groups excluding carboxylic acids is 1. The number of hydrogen-bond acceptors (Lipinski definition) is 2. The average molecular weight is 156 g/mol. The molecule has 5 N–H and O–H groups in total. The predicted molar refractivity (Wildman–Crippen MR) is 40.8 cm³/mol. The number of nitrogens with two attached hydrogens (primary N) is 2. The zero-order valence-electron chi connectivity index (χ0n) is 6.21. The summed E-state index contributed by atoms with van der Waals surface area (Å²) in [5.74, 6) is -0.455. The fraction of sp³-hybridized carbons (Fsp3) is 0.667. The van der Waals surface area contributed by atoms with Crippen LogP contribution in [-0.2, 0) is 4.79 Å². The molecule has 62 valence electrons. The number of amides is 1. The van der Waals surface area contributed by atoms with Crippen LogP contribution in [0, 0.1) is 5.41 Å². The highest BCUT2D eigenvalue weighted by Gasteiger charge is 2.29. The number of primary amides is 1. The molecule has 1 atom stereocenters. The summed E-state index contributed by atoms with van der Waals surface area (Å²) in [6.07, 6.45) is 1.60. The molecule has 5 heteroatoms. The topological polar surface area (TPSA) is 96.2 Å². The molecule has 0 aromatic carbocycles. The van der Waals surface area contributed by atoms with Gasteiger partial charge in [0, 0.05) is 6.54 Å². The van der Waals surface area contributed by atoms with Crippen molar-refractivity contribution in [3.8, 4) is 0 Å². The number of likely N-dealkylation sites (tertiary alicyclic amines) is 1. The van der Waals surface area contributed by atoms with Crippen molar-refractivity contribution >= 4 is 11.9 Å². The van der Waals surface area contributed by atoms with Gasteiger partial charge in [0.05, 0.1) is 0 Å². The quantitative estimate of drug-likeness (QED) is 0.329. The molecule has 1 saturated heterocycles. The maximum Gasteiger partial charge on any atom is 0.240 e. The zero-order chi connectivity index (χ0) is 8.43. The van der Waals surface area contributed by atoms with Crippen LogP contribution in [0.25, 0.3) is 0 Å². The fourth-order valence-electron chi connectivity index (χ4n) is 1.35. The average Bonchev–Trinajstić information content (AvgIpc) is 2.32. The number of rotatable bonds is 1. The molecular formula is C6H12N4O. The fourth-order valence-corrected chi connectivity index (χ4v) is 1.35. The summed E-state index contributed by atoms with van der Waals surface area (Å²) in [5, 5.41) is 7.11. The second-order valence-corrected chi connectivity index (χ2v) is 2.64. The van der Waals surface area contributed by atoms with Crippen molar-refractivity contribution in [1.82, 2.24) is 4.90 Å². The van der Waals surface area contributed by atoms with Crippen molar-refractivity contribution in [1.29, 1.82) is 5.41 Å². The van der Waals surface area contributed by atoms with Crippen molar-refractivity contribution in [2.75, 3.05) is 6.54 Å². The van der Waals surface area contributed by atoms with Gasteiger partial charge >= 0.3 is 0 Å². The Morgan fingerprint density at radius 1 is 1.55 bits per heavy atom. The van der Waals surface area contributed by atoms with E-state index in [1.807, 2.05) is 0 Å². The monoisotopic (exact) mass is 156 g/mol. The molecule has 1 amide bonds. The number of nitrogens with one attached hydrogen (secondary N) is 1. The molecule has 1 aliphatic heterocycles. The van der Waals surface area contributed by atoms with Gasteiger partial charge in [0.1, 0.15) is 6.04 Å². The van der Waals surface area contributed by atoms with Crippen LogP contribution in [0.3, 0.4) is 0 Å². The van der Waals surface area contributed by atoms with E-state index in [4.69, 9.17) is 16.9 Å². The van der Waals surface area contributed by atoms with Crippen LogP contribution in [-0.4, -0.2) is 29.4 Å². The lowest BCUT2D eigenvalue weighted by Gasteiger charge is -2.21. The molecule has 11 heavy (non-hydrogen) atoms. The highest BCUT2D eigenvalue weighted by molar-refractivity contribution is 5.86. The Kier molecular flexibility index (Phi) is 1.98. The Balaban J connectivity index is 2.65. The first-order valence-corrected chi connectivity index (χ1v) is 3.53. The van der Waals surface area contributed by atoms with Crippen LogP contribution in [0.2, 0.25) is 0 Å². The highest BCUT2D eigenvalue weighted by atomic mass is 16.1. The summed E-state index contributed by atoms with van der Waals surface area (Å²) in [5.41, 5.74) is 10.3. The van der Waals surface area contributed by atoms with Gasteiger partial charge in [-0.05, 0) is 12.8 Å².